The van der Waals surface area contributed by atoms with Crippen LogP contribution >= 0.6 is 7.60 Å². The van der Waals surface area contributed by atoms with Crippen molar-refractivity contribution < 1.29 is 23.8 Å². The maximum Gasteiger partial charge on any atom is 0.348 e. The summed E-state index contributed by atoms with van der Waals surface area (Å²) in [7, 11) is 3.07. The highest BCUT2D eigenvalue weighted by atomic mass is 31.2. The van der Waals surface area contributed by atoms with Gasteiger partial charge in [0.1, 0.15) is 7.85 Å². The van der Waals surface area contributed by atoms with Crippen LogP contribution in [0.3, 0.4) is 0 Å². The van der Waals surface area contributed by atoms with Gasteiger partial charge in [-0.05, 0) is 13.0 Å². The van der Waals surface area contributed by atoms with Gasteiger partial charge in [-0.1, -0.05) is 0 Å². The Kier molecular flexibility index (Phi) is 3.79. The van der Waals surface area contributed by atoms with Gasteiger partial charge < -0.3 is 19.3 Å². The van der Waals surface area contributed by atoms with Gasteiger partial charge in [-0.25, -0.2) is 0 Å². The SMILES string of the molecule is [B][C@@H]1O[C@H](/C=C\P(=O)(O)O)C[C@@]1(C)OC. The fourth-order valence-corrected chi connectivity index (χ4v) is 1.83. The van der Waals surface area contributed by atoms with E-state index in [1.165, 1.54) is 13.2 Å². The number of rotatable bonds is 3. The zero-order valence-corrected chi connectivity index (χ0v) is 9.55. The van der Waals surface area contributed by atoms with Gasteiger partial charge >= 0.3 is 7.60 Å². The van der Waals surface area contributed by atoms with E-state index in [4.69, 9.17) is 27.1 Å². The number of ether oxygens (including phenoxy) is 2. The number of methoxy groups -OCH3 is 1. The summed E-state index contributed by atoms with van der Waals surface area (Å²) >= 11 is 0. The van der Waals surface area contributed by atoms with Crippen LogP contribution in [0.15, 0.2) is 11.9 Å². The normalized spacial score (nSPS) is 37.6. The first-order valence-corrected chi connectivity index (χ1v) is 6.16. The van der Waals surface area contributed by atoms with E-state index in [1.54, 1.807) is 6.92 Å². The molecule has 0 aromatic carbocycles. The average molecular weight is 232 g/mol. The van der Waals surface area contributed by atoms with Crippen LogP contribution in [0.5, 0.6) is 0 Å². The van der Waals surface area contributed by atoms with E-state index < -0.39 is 25.3 Å². The van der Waals surface area contributed by atoms with Crippen LogP contribution in [-0.4, -0.2) is 42.5 Å². The van der Waals surface area contributed by atoms with Gasteiger partial charge in [0.15, 0.2) is 0 Å². The standard InChI is InChI=1S/C8H14BO5P/c1-8(13-2)5-6(14-7(8)9)3-4-15(10,11)12/h3-4,6-7H,5H2,1-2H3,(H2,10,11,12)/b4-3-/t6-,7-,8-/m1/s1. The summed E-state index contributed by atoms with van der Waals surface area (Å²) < 4.78 is 21.1. The molecule has 0 aliphatic carbocycles. The van der Waals surface area contributed by atoms with Gasteiger partial charge in [0.05, 0.1) is 11.7 Å². The highest BCUT2D eigenvalue weighted by molar-refractivity contribution is 7.55. The van der Waals surface area contributed by atoms with E-state index in [-0.39, 0.29) is 0 Å². The quantitative estimate of drug-likeness (QED) is 0.542. The zero-order chi connectivity index (χ0) is 11.7. The molecule has 2 N–H and O–H groups in total. The molecule has 1 aliphatic heterocycles. The highest BCUT2D eigenvalue weighted by Crippen LogP contribution is 2.38. The molecule has 2 radical (unpaired) electrons. The van der Waals surface area contributed by atoms with Crippen molar-refractivity contribution in [2.24, 2.45) is 0 Å². The van der Waals surface area contributed by atoms with Gasteiger partial charge in [0.2, 0.25) is 0 Å². The number of hydrogen-bond donors (Lipinski definition) is 2. The van der Waals surface area contributed by atoms with Crippen LogP contribution < -0.4 is 0 Å². The van der Waals surface area contributed by atoms with Gasteiger partial charge in [0.25, 0.3) is 0 Å². The summed E-state index contributed by atoms with van der Waals surface area (Å²) in [6.07, 6.45) is 1.38. The molecular formula is C8H14BO5P. The molecule has 1 aliphatic rings. The van der Waals surface area contributed by atoms with E-state index in [2.05, 4.69) is 0 Å². The van der Waals surface area contributed by atoms with Crippen molar-refractivity contribution in [1.82, 2.24) is 0 Å². The van der Waals surface area contributed by atoms with Crippen LogP contribution in [0.4, 0.5) is 0 Å². The third-order valence-corrected chi connectivity index (χ3v) is 3.05. The van der Waals surface area contributed by atoms with E-state index in [0.29, 0.717) is 6.42 Å². The summed E-state index contributed by atoms with van der Waals surface area (Å²) in [5.74, 6) is 0.825. The summed E-state index contributed by atoms with van der Waals surface area (Å²) in [5, 5.41) is 0. The van der Waals surface area contributed by atoms with Gasteiger partial charge in [-0.15, -0.1) is 0 Å². The Bertz CT molecular complexity index is 301. The van der Waals surface area contributed by atoms with Crippen LogP contribution in [-0.2, 0) is 14.0 Å². The lowest BCUT2D eigenvalue weighted by Gasteiger charge is -2.25. The van der Waals surface area contributed by atoms with E-state index in [9.17, 15) is 4.57 Å². The Morgan fingerprint density at radius 3 is 2.67 bits per heavy atom. The number of hydrogen-bond acceptors (Lipinski definition) is 3. The van der Waals surface area contributed by atoms with Crippen molar-refractivity contribution in [3.63, 3.8) is 0 Å². The fraction of sp³-hybridized carbons (Fsp3) is 0.750. The molecule has 1 rings (SSSR count). The van der Waals surface area contributed by atoms with Gasteiger partial charge in [-0.2, -0.15) is 0 Å². The van der Waals surface area contributed by atoms with Crippen molar-refractivity contribution in [3.05, 3.63) is 11.9 Å². The van der Waals surface area contributed by atoms with Gasteiger partial charge in [0, 0.05) is 25.4 Å². The second-order valence-electron chi connectivity index (χ2n) is 3.75. The third-order valence-electron chi connectivity index (χ3n) is 2.49. The Labute approximate surface area is 90.0 Å². The minimum atomic E-state index is -4.13. The summed E-state index contributed by atoms with van der Waals surface area (Å²) in [6.45, 7) is 1.79. The van der Waals surface area contributed by atoms with Crippen LogP contribution in [0, 0.1) is 0 Å². The van der Waals surface area contributed by atoms with Crippen molar-refractivity contribution in [2.75, 3.05) is 7.11 Å². The topological polar surface area (TPSA) is 76.0 Å². The molecule has 84 valence electrons. The molecule has 0 aromatic rings. The molecule has 0 amide bonds. The Hall–Kier alpha value is -0.125. The predicted octanol–water partition coefficient (Wildman–Crippen LogP) is 0.366. The lowest BCUT2D eigenvalue weighted by molar-refractivity contribution is -0.0223. The lowest BCUT2D eigenvalue weighted by Crippen LogP contribution is -2.37. The van der Waals surface area contributed by atoms with Crippen LogP contribution in [0.2, 0.25) is 0 Å². The highest BCUT2D eigenvalue weighted by Gasteiger charge is 2.41. The predicted molar refractivity (Wildman–Crippen MR) is 55.6 cm³/mol. The summed E-state index contributed by atoms with van der Waals surface area (Å²) in [5.41, 5.74) is -0.607. The molecule has 15 heavy (non-hydrogen) atoms. The first kappa shape index (κ1) is 12.9. The monoisotopic (exact) mass is 232 g/mol. The smallest absolute Gasteiger partial charge is 0.348 e. The zero-order valence-electron chi connectivity index (χ0n) is 8.66. The first-order valence-electron chi connectivity index (χ1n) is 4.48. The summed E-state index contributed by atoms with van der Waals surface area (Å²) in [6, 6.07) is -0.589. The van der Waals surface area contributed by atoms with E-state index >= 15 is 0 Å². The van der Waals surface area contributed by atoms with Crippen molar-refractivity contribution >= 4 is 15.4 Å². The maximum atomic E-state index is 10.6. The lowest BCUT2D eigenvalue weighted by atomic mass is 9.83. The molecular weight excluding hydrogens is 218 g/mol. The molecule has 1 saturated heterocycles. The molecule has 5 nitrogen and oxygen atoms in total. The minimum absolute atomic E-state index is 0.419. The first-order chi connectivity index (χ1) is 6.77. The van der Waals surface area contributed by atoms with Gasteiger partial charge in [-0.3, -0.25) is 4.57 Å². The largest absolute Gasteiger partial charge is 0.378 e. The molecule has 0 spiro atoms. The molecule has 7 heteroatoms. The second kappa shape index (κ2) is 4.40. The second-order valence-corrected chi connectivity index (χ2v) is 5.22. The van der Waals surface area contributed by atoms with Crippen molar-refractivity contribution in [2.45, 2.75) is 31.1 Å². The van der Waals surface area contributed by atoms with Crippen molar-refractivity contribution in [3.8, 4) is 0 Å². The van der Waals surface area contributed by atoms with Crippen LogP contribution in [0.25, 0.3) is 0 Å². The Morgan fingerprint density at radius 2 is 2.27 bits per heavy atom. The molecule has 0 unspecified atom stereocenters. The molecule has 0 aromatic heterocycles. The van der Waals surface area contributed by atoms with E-state index in [0.717, 1.165) is 5.82 Å². The minimum Gasteiger partial charge on any atom is -0.378 e. The summed E-state index contributed by atoms with van der Waals surface area (Å²) in [4.78, 5) is 17.3. The van der Waals surface area contributed by atoms with Crippen molar-refractivity contribution in [1.29, 1.82) is 0 Å². The molecule has 0 saturated carbocycles. The average Bonchev–Trinajstić information content (AvgIpc) is 2.39. The molecule has 3 atom stereocenters. The Balaban J connectivity index is 2.64. The fourth-order valence-electron chi connectivity index (χ4n) is 1.42. The van der Waals surface area contributed by atoms with E-state index in [1.807, 2.05) is 0 Å². The Morgan fingerprint density at radius 1 is 1.67 bits per heavy atom. The maximum absolute atomic E-state index is 10.6. The molecule has 1 fully saturated rings. The molecule has 0 bridgehead atoms. The van der Waals surface area contributed by atoms with Crippen LogP contribution in [0.1, 0.15) is 13.3 Å². The third kappa shape index (κ3) is 3.43. The molecule has 1 heterocycles.